The Bertz CT molecular complexity index is 1070. The summed E-state index contributed by atoms with van der Waals surface area (Å²) in [7, 11) is 0. The Labute approximate surface area is 142 Å². The predicted octanol–water partition coefficient (Wildman–Crippen LogP) is 2.47. The minimum Gasteiger partial charge on any atom is -0.365 e. The fourth-order valence-corrected chi connectivity index (χ4v) is 3.72. The third-order valence-corrected chi connectivity index (χ3v) is 5.00. The van der Waals surface area contributed by atoms with Gasteiger partial charge in [-0.3, -0.25) is 14.2 Å². The molecule has 0 saturated heterocycles. The summed E-state index contributed by atoms with van der Waals surface area (Å²) in [5.74, 6) is 2.43. The minimum absolute atomic E-state index is 0.103. The fourth-order valence-electron chi connectivity index (χ4n) is 2.69. The largest absolute Gasteiger partial charge is 0.365 e. The van der Waals surface area contributed by atoms with E-state index in [1.807, 2.05) is 31.2 Å². The van der Waals surface area contributed by atoms with Crippen molar-refractivity contribution in [2.24, 2.45) is 5.73 Å². The molecule has 0 spiro atoms. The Morgan fingerprint density at radius 2 is 2.17 bits per heavy atom. The molecule has 3 aromatic rings. The second kappa shape index (κ2) is 5.95. The van der Waals surface area contributed by atoms with Crippen LogP contribution in [0.5, 0.6) is 0 Å². The first-order chi connectivity index (χ1) is 11.4. The van der Waals surface area contributed by atoms with Gasteiger partial charge in [-0.15, -0.1) is 17.8 Å². The van der Waals surface area contributed by atoms with Crippen molar-refractivity contribution in [3.05, 3.63) is 50.6 Å². The zero-order valence-electron chi connectivity index (χ0n) is 13.3. The van der Waals surface area contributed by atoms with E-state index in [4.69, 9.17) is 12.2 Å². The SMILES string of the molecule is C#CCn1c(-c2cccc(C)c2)nc2sc(C(N)=O)c(C)c2c1=O. The molecule has 5 nitrogen and oxygen atoms in total. The van der Waals surface area contributed by atoms with Crippen LogP contribution in [0.1, 0.15) is 20.8 Å². The van der Waals surface area contributed by atoms with Crippen molar-refractivity contribution in [3.8, 4) is 23.7 Å². The van der Waals surface area contributed by atoms with Crippen LogP contribution in [0.3, 0.4) is 0 Å². The van der Waals surface area contributed by atoms with Crippen molar-refractivity contribution < 1.29 is 4.79 Å². The van der Waals surface area contributed by atoms with Crippen LogP contribution < -0.4 is 11.3 Å². The number of nitrogens with zero attached hydrogens (tertiary/aromatic N) is 2. The maximum atomic E-state index is 12.9. The summed E-state index contributed by atoms with van der Waals surface area (Å²) in [6.45, 7) is 3.77. The molecule has 120 valence electrons. The molecule has 0 aliphatic carbocycles. The normalized spacial score (nSPS) is 10.7. The molecule has 0 atom stereocenters. The standard InChI is InChI=1S/C18H15N3O2S/c1-4-8-21-16(12-7-5-6-10(2)9-12)20-17-13(18(21)23)11(3)14(24-17)15(19)22/h1,5-7,9H,8H2,2-3H3,(H2,19,22). The number of rotatable bonds is 3. The number of hydrogen-bond donors (Lipinski definition) is 1. The number of hydrogen-bond acceptors (Lipinski definition) is 4. The molecule has 0 saturated carbocycles. The van der Waals surface area contributed by atoms with Gasteiger partial charge in [0.05, 0.1) is 16.8 Å². The number of fused-ring (bicyclic) bond motifs is 1. The van der Waals surface area contributed by atoms with Gasteiger partial charge in [-0.1, -0.05) is 29.7 Å². The molecule has 0 unspecified atom stereocenters. The number of nitrogens with two attached hydrogens (primary N) is 1. The number of aromatic nitrogens is 2. The third-order valence-electron chi connectivity index (χ3n) is 3.80. The lowest BCUT2D eigenvalue weighted by Crippen LogP contribution is -2.23. The highest BCUT2D eigenvalue weighted by Crippen LogP contribution is 2.29. The first-order valence-corrected chi connectivity index (χ1v) is 8.10. The van der Waals surface area contributed by atoms with E-state index in [2.05, 4.69) is 10.9 Å². The lowest BCUT2D eigenvalue weighted by molar-refractivity contribution is 0.100. The van der Waals surface area contributed by atoms with Crippen molar-refractivity contribution in [2.45, 2.75) is 20.4 Å². The average molecular weight is 337 g/mol. The molecular weight excluding hydrogens is 322 g/mol. The maximum Gasteiger partial charge on any atom is 0.263 e. The molecule has 6 heteroatoms. The monoisotopic (exact) mass is 337 g/mol. The van der Waals surface area contributed by atoms with Crippen LogP contribution in [0.4, 0.5) is 0 Å². The molecular formula is C18H15N3O2S. The highest BCUT2D eigenvalue weighted by Gasteiger charge is 2.20. The summed E-state index contributed by atoms with van der Waals surface area (Å²) in [6, 6.07) is 7.68. The Hall–Kier alpha value is -2.91. The van der Waals surface area contributed by atoms with Crippen LogP contribution in [0.15, 0.2) is 29.1 Å². The van der Waals surface area contributed by atoms with Gasteiger partial charge in [0.25, 0.3) is 11.5 Å². The highest BCUT2D eigenvalue weighted by atomic mass is 32.1. The van der Waals surface area contributed by atoms with Crippen molar-refractivity contribution in [2.75, 3.05) is 0 Å². The molecule has 3 rings (SSSR count). The Morgan fingerprint density at radius 3 is 2.79 bits per heavy atom. The van der Waals surface area contributed by atoms with Gasteiger partial charge in [-0.05, 0) is 25.5 Å². The lowest BCUT2D eigenvalue weighted by Gasteiger charge is -2.10. The summed E-state index contributed by atoms with van der Waals surface area (Å²) in [4.78, 5) is 30.0. The molecule has 0 aliphatic rings. The molecule has 2 N–H and O–H groups in total. The predicted molar refractivity (Wildman–Crippen MR) is 96.1 cm³/mol. The highest BCUT2D eigenvalue weighted by molar-refractivity contribution is 7.20. The van der Waals surface area contributed by atoms with Crippen molar-refractivity contribution >= 4 is 27.5 Å². The molecule has 0 radical (unpaired) electrons. The van der Waals surface area contributed by atoms with Crippen LogP contribution in [0.2, 0.25) is 0 Å². The molecule has 1 amide bonds. The molecule has 0 aliphatic heterocycles. The van der Waals surface area contributed by atoms with E-state index >= 15 is 0 Å². The second-order valence-corrected chi connectivity index (χ2v) is 6.50. The van der Waals surface area contributed by atoms with Crippen LogP contribution in [-0.4, -0.2) is 15.5 Å². The second-order valence-electron chi connectivity index (χ2n) is 5.50. The first-order valence-electron chi connectivity index (χ1n) is 7.28. The van der Waals surface area contributed by atoms with E-state index in [0.717, 1.165) is 22.5 Å². The van der Waals surface area contributed by atoms with Crippen LogP contribution in [0.25, 0.3) is 21.6 Å². The molecule has 24 heavy (non-hydrogen) atoms. The van der Waals surface area contributed by atoms with Crippen molar-refractivity contribution in [1.29, 1.82) is 0 Å². The van der Waals surface area contributed by atoms with E-state index in [0.29, 0.717) is 26.5 Å². The van der Waals surface area contributed by atoms with E-state index < -0.39 is 5.91 Å². The Balaban J connectivity index is 2.42. The van der Waals surface area contributed by atoms with Crippen LogP contribution >= 0.6 is 11.3 Å². The van der Waals surface area contributed by atoms with Crippen LogP contribution in [0, 0.1) is 26.2 Å². The van der Waals surface area contributed by atoms with Crippen molar-refractivity contribution in [1.82, 2.24) is 9.55 Å². The van der Waals surface area contributed by atoms with E-state index in [1.54, 1.807) is 6.92 Å². The molecule has 0 fully saturated rings. The van der Waals surface area contributed by atoms with E-state index in [1.165, 1.54) is 4.57 Å². The molecule has 0 bridgehead atoms. The minimum atomic E-state index is -0.560. The summed E-state index contributed by atoms with van der Waals surface area (Å²) in [6.07, 6.45) is 5.43. The van der Waals surface area contributed by atoms with E-state index in [-0.39, 0.29) is 12.1 Å². The topological polar surface area (TPSA) is 78.0 Å². The van der Waals surface area contributed by atoms with Gasteiger partial charge in [0.2, 0.25) is 0 Å². The maximum absolute atomic E-state index is 12.9. The van der Waals surface area contributed by atoms with Gasteiger partial charge in [-0.2, -0.15) is 0 Å². The lowest BCUT2D eigenvalue weighted by atomic mass is 10.1. The van der Waals surface area contributed by atoms with Gasteiger partial charge in [-0.25, -0.2) is 4.98 Å². The number of terminal acetylenes is 1. The Morgan fingerprint density at radius 1 is 1.42 bits per heavy atom. The first kappa shape index (κ1) is 16.0. The van der Waals surface area contributed by atoms with Gasteiger partial charge < -0.3 is 5.73 Å². The van der Waals surface area contributed by atoms with E-state index in [9.17, 15) is 9.59 Å². The van der Waals surface area contributed by atoms with Gasteiger partial charge in [0, 0.05) is 5.56 Å². The van der Waals surface area contributed by atoms with Crippen LogP contribution in [-0.2, 0) is 6.54 Å². The quantitative estimate of drug-likeness (QED) is 0.746. The number of benzene rings is 1. The summed E-state index contributed by atoms with van der Waals surface area (Å²) in [5.41, 5.74) is 7.55. The third kappa shape index (κ3) is 2.49. The number of aryl methyl sites for hydroxylation is 2. The fraction of sp³-hybridized carbons (Fsp3) is 0.167. The number of amides is 1. The number of thiophene rings is 1. The number of carbonyl (C=O) groups is 1. The molecule has 2 heterocycles. The van der Waals surface area contributed by atoms with Crippen molar-refractivity contribution in [3.63, 3.8) is 0 Å². The summed E-state index contributed by atoms with van der Waals surface area (Å²) < 4.78 is 1.46. The number of primary amides is 1. The number of carbonyl (C=O) groups excluding carboxylic acids is 1. The van der Waals surface area contributed by atoms with Gasteiger partial charge in [0.1, 0.15) is 10.7 Å². The zero-order chi connectivity index (χ0) is 17.4. The molecule has 2 aromatic heterocycles. The average Bonchev–Trinajstić information content (AvgIpc) is 2.87. The zero-order valence-corrected chi connectivity index (χ0v) is 14.1. The summed E-state index contributed by atoms with van der Waals surface area (Å²) >= 11 is 1.14. The van der Waals surface area contributed by atoms with Gasteiger partial charge >= 0.3 is 0 Å². The summed E-state index contributed by atoms with van der Waals surface area (Å²) in [5, 5.41) is 0.403. The Kier molecular flexibility index (Phi) is 3.96. The smallest absolute Gasteiger partial charge is 0.263 e. The molecule has 1 aromatic carbocycles. The van der Waals surface area contributed by atoms with Gasteiger partial charge in [0.15, 0.2) is 0 Å².